The van der Waals surface area contributed by atoms with Crippen LogP contribution in [-0.4, -0.2) is 16.1 Å². The molecule has 0 aliphatic rings. The molecular weight excluding hydrogens is 218 g/mol. The van der Waals surface area contributed by atoms with E-state index in [1.54, 1.807) is 36.4 Å². The smallest absolute Gasteiger partial charge is 0.249 e. The lowest BCUT2D eigenvalue weighted by Crippen LogP contribution is -2.12. The number of hydrogen-bond donors (Lipinski definition) is 3. The first-order valence-electron chi connectivity index (χ1n) is 5.01. The molecule has 2 aromatic rings. The van der Waals surface area contributed by atoms with Crippen molar-refractivity contribution in [1.82, 2.24) is 0 Å². The van der Waals surface area contributed by atoms with Crippen LogP contribution < -0.4 is 5.73 Å². The Kier molecular flexibility index (Phi) is 2.70. The van der Waals surface area contributed by atoms with Gasteiger partial charge in [-0.05, 0) is 17.7 Å². The fourth-order valence-electron chi connectivity index (χ4n) is 1.68. The molecule has 0 saturated heterocycles. The van der Waals surface area contributed by atoms with Gasteiger partial charge >= 0.3 is 0 Å². The van der Waals surface area contributed by atoms with Crippen molar-refractivity contribution in [2.45, 2.75) is 0 Å². The molecule has 86 valence electrons. The second kappa shape index (κ2) is 4.17. The molecule has 0 bridgehead atoms. The standard InChI is InChI=1S/C13H11NO3/c14-13(17)10-5-2-1-4-8(10)9-6-3-7-11(15)12(9)16/h1-7,15-16H,(H2,14,17). The predicted octanol–water partition coefficient (Wildman–Crippen LogP) is 1.86. The van der Waals surface area contributed by atoms with Crippen molar-refractivity contribution in [2.75, 3.05) is 0 Å². The van der Waals surface area contributed by atoms with Crippen molar-refractivity contribution in [3.63, 3.8) is 0 Å². The summed E-state index contributed by atoms with van der Waals surface area (Å²) in [4.78, 5) is 11.3. The number of hydrogen-bond acceptors (Lipinski definition) is 3. The maximum atomic E-state index is 11.3. The van der Waals surface area contributed by atoms with Crippen LogP contribution in [0.25, 0.3) is 11.1 Å². The SMILES string of the molecule is NC(=O)c1ccccc1-c1cccc(O)c1O. The summed E-state index contributed by atoms with van der Waals surface area (Å²) in [5.74, 6) is -1.08. The molecule has 2 rings (SSSR count). The van der Waals surface area contributed by atoms with E-state index in [0.29, 0.717) is 16.7 Å². The molecule has 2 aromatic carbocycles. The average molecular weight is 229 g/mol. The summed E-state index contributed by atoms with van der Waals surface area (Å²) in [5, 5.41) is 19.2. The van der Waals surface area contributed by atoms with Gasteiger partial charge in [-0.2, -0.15) is 0 Å². The first kappa shape index (κ1) is 11.0. The molecule has 4 heteroatoms. The van der Waals surface area contributed by atoms with Gasteiger partial charge in [0, 0.05) is 11.1 Å². The molecule has 0 aliphatic carbocycles. The number of primary amides is 1. The predicted molar refractivity (Wildman–Crippen MR) is 63.7 cm³/mol. The summed E-state index contributed by atoms with van der Waals surface area (Å²) < 4.78 is 0. The molecule has 0 aliphatic heterocycles. The molecule has 0 unspecified atom stereocenters. The van der Waals surface area contributed by atoms with Crippen LogP contribution in [0.2, 0.25) is 0 Å². The van der Waals surface area contributed by atoms with Gasteiger partial charge in [0.2, 0.25) is 5.91 Å². The van der Waals surface area contributed by atoms with Crippen LogP contribution in [0.3, 0.4) is 0 Å². The largest absolute Gasteiger partial charge is 0.504 e. The molecule has 17 heavy (non-hydrogen) atoms. The molecule has 0 saturated carbocycles. The van der Waals surface area contributed by atoms with Crippen molar-refractivity contribution in [3.8, 4) is 22.6 Å². The molecular formula is C13H11NO3. The third-order valence-corrected chi connectivity index (χ3v) is 2.50. The minimum Gasteiger partial charge on any atom is -0.504 e. The van der Waals surface area contributed by atoms with Crippen LogP contribution >= 0.6 is 0 Å². The lowest BCUT2D eigenvalue weighted by molar-refractivity contribution is 0.100. The Bertz CT molecular complexity index is 579. The van der Waals surface area contributed by atoms with Crippen molar-refractivity contribution >= 4 is 5.91 Å². The Morgan fingerprint density at radius 2 is 1.59 bits per heavy atom. The Balaban J connectivity index is 2.69. The fraction of sp³-hybridized carbons (Fsp3) is 0. The minimum atomic E-state index is -0.580. The number of nitrogens with two attached hydrogens (primary N) is 1. The second-order valence-electron chi connectivity index (χ2n) is 3.58. The van der Waals surface area contributed by atoms with Crippen LogP contribution in [0, 0.1) is 0 Å². The Morgan fingerprint density at radius 3 is 2.29 bits per heavy atom. The van der Waals surface area contributed by atoms with Gasteiger partial charge in [0.05, 0.1) is 0 Å². The van der Waals surface area contributed by atoms with Crippen molar-refractivity contribution < 1.29 is 15.0 Å². The number of aromatic hydroxyl groups is 2. The van der Waals surface area contributed by atoms with E-state index >= 15 is 0 Å². The van der Waals surface area contributed by atoms with Crippen LogP contribution in [0.1, 0.15) is 10.4 Å². The van der Waals surface area contributed by atoms with Gasteiger partial charge in [0.15, 0.2) is 11.5 Å². The van der Waals surface area contributed by atoms with Crippen LogP contribution in [0.15, 0.2) is 42.5 Å². The lowest BCUT2D eigenvalue weighted by atomic mass is 9.98. The zero-order valence-corrected chi connectivity index (χ0v) is 8.92. The molecule has 0 aromatic heterocycles. The molecule has 0 atom stereocenters. The summed E-state index contributed by atoms with van der Waals surface area (Å²) >= 11 is 0. The Hall–Kier alpha value is -2.49. The average Bonchev–Trinajstić information content (AvgIpc) is 2.33. The summed E-state index contributed by atoms with van der Waals surface area (Å²) in [7, 11) is 0. The highest BCUT2D eigenvalue weighted by Gasteiger charge is 2.14. The zero-order chi connectivity index (χ0) is 12.4. The van der Waals surface area contributed by atoms with Crippen LogP contribution in [0.5, 0.6) is 11.5 Å². The first-order valence-corrected chi connectivity index (χ1v) is 5.01. The monoisotopic (exact) mass is 229 g/mol. The van der Waals surface area contributed by atoms with Crippen molar-refractivity contribution in [3.05, 3.63) is 48.0 Å². The van der Waals surface area contributed by atoms with Crippen LogP contribution in [-0.2, 0) is 0 Å². The van der Waals surface area contributed by atoms with Crippen molar-refractivity contribution in [2.24, 2.45) is 5.73 Å². The highest BCUT2D eigenvalue weighted by Crippen LogP contribution is 2.37. The van der Waals surface area contributed by atoms with Gasteiger partial charge < -0.3 is 15.9 Å². The number of phenols is 2. The van der Waals surface area contributed by atoms with Gasteiger partial charge in [0.1, 0.15) is 0 Å². The number of rotatable bonds is 2. The van der Waals surface area contributed by atoms with E-state index < -0.39 is 5.91 Å². The molecule has 1 amide bonds. The van der Waals surface area contributed by atoms with E-state index in [9.17, 15) is 15.0 Å². The maximum absolute atomic E-state index is 11.3. The maximum Gasteiger partial charge on any atom is 0.249 e. The van der Waals surface area contributed by atoms with Gasteiger partial charge in [-0.1, -0.05) is 30.3 Å². The van der Waals surface area contributed by atoms with Gasteiger partial charge in [0.25, 0.3) is 0 Å². The van der Waals surface area contributed by atoms with E-state index in [1.807, 2.05) is 0 Å². The molecule has 0 radical (unpaired) electrons. The fourth-order valence-corrected chi connectivity index (χ4v) is 1.68. The van der Waals surface area contributed by atoms with Gasteiger partial charge in [-0.3, -0.25) is 4.79 Å². The number of carbonyl (C=O) groups excluding carboxylic acids is 1. The number of para-hydroxylation sites is 1. The number of phenolic OH excluding ortho intramolecular Hbond substituents is 2. The summed E-state index contributed by atoms with van der Waals surface area (Å²) in [5.41, 5.74) is 6.42. The second-order valence-corrected chi connectivity index (χ2v) is 3.58. The summed E-state index contributed by atoms with van der Waals surface area (Å²) in [6.07, 6.45) is 0. The van der Waals surface area contributed by atoms with Gasteiger partial charge in [-0.25, -0.2) is 0 Å². The van der Waals surface area contributed by atoms with Crippen molar-refractivity contribution in [1.29, 1.82) is 0 Å². The third-order valence-electron chi connectivity index (χ3n) is 2.50. The normalized spacial score (nSPS) is 10.1. The zero-order valence-electron chi connectivity index (χ0n) is 8.92. The summed E-state index contributed by atoms with van der Waals surface area (Å²) in [6, 6.07) is 11.2. The molecule has 4 nitrogen and oxygen atoms in total. The Morgan fingerprint density at radius 1 is 0.941 bits per heavy atom. The van der Waals surface area contributed by atoms with Gasteiger partial charge in [-0.15, -0.1) is 0 Å². The van der Waals surface area contributed by atoms with E-state index in [1.165, 1.54) is 6.07 Å². The van der Waals surface area contributed by atoms with E-state index in [2.05, 4.69) is 0 Å². The first-order chi connectivity index (χ1) is 8.11. The Labute approximate surface area is 97.9 Å². The quantitative estimate of drug-likeness (QED) is 0.687. The number of carbonyl (C=O) groups is 1. The molecule has 0 heterocycles. The van der Waals surface area contributed by atoms with Crippen LogP contribution in [0.4, 0.5) is 0 Å². The van der Waals surface area contributed by atoms with E-state index in [4.69, 9.17) is 5.73 Å². The highest BCUT2D eigenvalue weighted by molar-refractivity contribution is 6.00. The summed E-state index contributed by atoms with van der Waals surface area (Å²) in [6.45, 7) is 0. The molecule has 0 spiro atoms. The lowest BCUT2D eigenvalue weighted by Gasteiger charge is -2.09. The molecule has 0 fully saturated rings. The van der Waals surface area contributed by atoms with E-state index in [0.717, 1.165) is 0 Å². The minimum absolute atomic E-state index is 0.234. The molecule has 4 N–H and O–H groups in total. The third kappa shape index (κ3) is 1.92. The topological polar surface area (TPSA) is 83.6 Å². The van der Waals surface area contributed by atoms with E-state index in [-0.39, 0.29) is 11.5 Å². The number of amides is 1. The highest BCUT2D eigenvalue weighted by atomic mass is 16.3. The number of benzene rings is 2.